The van der Waals surface area contributed by atoms with E-state index < -0.39 is 74.2 Å². The van der Waals surface area contributed by atoms with Crippen LogP contribution in [-0.4, -0.2) is 115 Å². The Labute approximate surface area is 136 Å². The Hall–Kier alpha value is -0.930. The van der Waals surface area contributed by atoms with E-state index in [0.29, 0.717) is 0 Å². The fraction of sp³-hybridized carbons (Fsp3) is 0.917. The molecule has 0 bridgehead atoms. The first-order valence-corrected chi connectivity index (χ1v) is 7.06. The zero-order chi connectivity index (χ0) is 18.6. The summed E-state index contributed by atoms with van der Waals surface area (Å²) in [7, 11) is 0. The topological polar surface area (TPSA) is 223 Å². The molecule has 0 saturated carbocycles. The van der Waals surface area contributed by atoms with Gasteiger partial charge in [0.05, 0.1) is 13.2 Å². The number of primary amides is 1. The van der Waals surface area contributed by atoms with Gasteiger partial charge in [-0.2, -0.15) is 0 Å². The Kier molecular flexibility index (Phi) is 7.88. The van der Waals surface area contributed by atoms with Crippen LogP contribution < -0.4 is 5.73 Å². The predicted molar refractivity (Wildman–Crippen MR) is 72.9 cm³/mol. The molecule has 0 unspecified atom stereocenters. The minimum absolute atomic E-state index is 0.746. The third kappa shape index (κ3) is 4.58. The minimum atomic E-state index is -2.17. The van der Waals surface area contributed by atoms with Gasteiger partial charge < -0.3 is 56.1 Å². The van der Waals surface area contributed by atoms with Crippen molar-refractivity contribution in [3.8, 4) is 0 Å². The maximum Gasteiger partial charge on any atom is 0.249 e. The molecule has 10 N–H and O–H groups in total. The quantitative estimate of drug-likeness (QED) is 0.198. The second kappa shape index (κ2) is 8.96. The van der Waals surface area contributed by atoms with Gasteiger partial charge in [-0.1, -0.05) is 0 Å². The molecule has 1 aliphatic heterocycles. The number of hydrogen-bond donors (Lipinski definition) is 9. The maximum absolute atomic E-state index is 10.9. The van der Waals surface area contributed by atoms with Crippen molar-refractivity contribution in [2.45, 2.75) is 55.1 Å². The van der Waals surface area contributed by atoms with Crippen molar-refractivity contribution in [2.75, 3.05) is 13.2 Å². The molecule has 0 spiro atoms. The highest BCUT2D eigenvalue weighted by Gasteiger charge is 2.47. The molecule has 1 fully saturated rings. The van der Waals surface area contributed by atoms with Gasteiger partial charge in [0.1, 0.15) is 42.7 Å². The van der Waals surface area contributed by atoms with Crippen molar-refractivity contribution in [1.29, 1.82) is 0 Å². The molecule has 0 aliphatic carbocycles. The van der Waals surface area contributed by atoms with Crippen LogP contribution in [0.25, 0.3) is 0 Å². The van der Waals surface area contributed by atoms with Gasteiger partial charge in [0.15, 0.2) is 12.4 Å². The summed E-state index contributed by atoms with van der Waals surface area (Å²) >= 11 is 0. The first-order valence-electron chi connectivity index (χ1n) is 7.06. The molecule has 0 radical (unpaired) electrons. The van der Waals surface area contributed by atoms with Gasteiger partial charge in [-0.15, -0.1) is 0 Å². The van der Waals surface area contributed by atoms with E-state index in [4.69, 9.17) is 25.4 Å². The van der Waals surface area contributed by atoms with E-state index in [1.165, 1.54) is 0 Å². The summed E-state index contributed by atoms with van der Waals surface area (Å²) in [4.78, 5) is 10.9. The fourth-order valence-corrected chi connectivity index (χ4v) is 2.19. The molecule has 1 rings (SSSR count). The van der Waals surface area contributed by atoms with Gasteiger partial charge >= 0.3 is 0 Å². The lowest BCUT2D eigenvalue weighted by Gasteiger charge is -2.42. The molecule has 12 nitrogen and oxygen atoms in total. The standard InChI is InChI=1S/C12H23NO11/c13-11(22)8(20)7(19)10(3(16)1-14)24-12-9(21)6(18)5(17)4(2-15)23-12/h3-10,12,14-21H,1-2H2,(H2,13,22)/t3-,4-,5+,6+,7-,8-,9-,10-,12-/m1/s1. The molecule has 1 amide bonds. The highest BCUT2D eigenvalue weighted by Crippen LogP contribution is 2.24. The summed E-state index contributed by atoms with van der Waals surface area (Å²) in [5.41, 5.74) is 4.83. The van der Waals surface area contributed by atoms with E-state index in [1.54, 1.807) is 0 Å². The van der Waals surface area contributed by atoms with Gasteiger partial charge in [0.2, 0.25) is 5.91 Å². The molecular weight excluding hydrogens is 334 g/mol. The monoisotopic (exact) mass is 357 g/mol. The molecule has 1 saturated heterocycles. The van der Waals surface area contributed by atoms with E-state index >= 15 is 0 Å². The number of ether oxygens (including phenoxy) is 2. The van der Waals surface area contributed by atoms with Crippen LogP contribution in [0, 0.1) is 0 Å². The van der Waals surface area contributed by atoms with E-state index in [2.05, 4.69) is 0 Å². The molecule has 9 atom stereocenters. The van der Waals surface area contributed by atoms with E-state index in [1.807, 2.05) is 0 Å². The summed E-state index contributed by atoms with van der Waals surface area (Å²) in [5, 5.41) is 76.2. The third-order valence-electron chi connectivity index (χ3n) is 3.66. The first-order chi connectivity index (χ1) is 11.1. The molecule has 142 valence electrons. The molecular formula is C12H23NO11. The zero-order valence-electron chi connectivity index (χ0n) is 12.5. The Morgan fingerprint density at radius 1 is 1.08 bits per heavy atom. The molecule has 1 aliphatic rings. The zero-order valence-corrected chi connectivity index (χ0v) is 12.5. The van der Waals surface area contributed by atoms with Gasteiger partial charge in [-0.05, 0) is 0 Å². The molecule has 0 aromatic heterocycles. The average Bonchev–Trinajstić information content (AvgIpc) is 2.57. The Morgan fingerprint density at radius 3 is 2.12 bits per heavy atom. The smallest absolute Gasteiger partial charge is 0.249 e. The van der Waals surface area contributed by atoms with E-state index in [-0.39, 0.29) is 0 Å². The Bertz CT molecular complexity index is 408. The molecule has 0 aromatic rings. The lowest BCUT2D eigenvalue weighted by molar-refractivity contribution is -0.326. The second-order valence-electron chi connectivity index (χ2n) is 5.39. The number of carbonyl (C=O) groups excluding carboxylic acids is 1. The van der Waals surface area contributed by atoms with Crippen LogP contribution in [0.2, 0.25) is 0 Å². The van der Waals surface area contributed by atoms with Crippen molar-refractivity contribution in [3.63, 3.8) is 0 Å². The molecule has 0 aromatic carbocycles. The van der Waals surface area contributed by atoms with Crippen LogP contribution in [0.1, 0.15) is 0 Å². The lowest BCUT2D eigenvalue weighted by Crippen LogP contribution is -2.62. The van der Waals surface area contributed by atoms with Crippen molar-refractivity contribution in [2.24, 2.45) is 5.73 Å². The molecule has 12 heteroatoms. The van der Waals surface area contributed by atoms with Gasteiger partial charge in [-0.3, -0.25) is 4.79 Å². The summed E-state index contributed by atoms with van der Waals surface area (Å²) in [6, 6.07) is 0. The number of carbonyl (C=O) groups is 1. The van der Waals surface area contributed by atoms with Crippen LogP contribution in [0.15, 0.2) is 0 Å². The first kappa shape index (κ1) is 21.1. The summed E-state index contributed by atoms with van der Waals surface area (Å²) in [6.45, 7) is -1.70. The Morgan fingerprint density at radius 2 is 1.67 bits per heavy atom. The van der Waals surface area contributed by atoms with E-state index in [9.17, 15) is 35.4 Å². The highest BCUT2D eigenvalue weighted by atomic mass is 16.7. The van der Waals surface area contributed by atoms with Crippen LogP contribution >= 0.6 is 0 Å². The van der Waals surface area contributed by atoms with Crippen LogP contribution in [0.5, 0.6) is 0 Å². The number of aliphatic hydroxyl groups excluding tert-OH is 8. The van der Waals surface area contributed by atoms with Crippen molar-refractivity contribution in [3.05, 3.63) is 0 Å². The maximum atomic E-state index is 10.9. The van der Waals surface area contributed by atoms with Gasteiger partial charge in [-0.25, -0.2) is 0 Å². The molecule has 1 heterocycles. The summed E-state index contributed by atoms with van der Waals surface area (Å²) in [5.74, 6) is -1.34. The van der Waals surface area contributed by atoms with Gasteiger partial charge in [0, 0.05) is 0 Å². The minimum Gasteiger partial charge on any atom is -0.394 e. The summed E-state index contributed by atoms with van der Waals surface area (Å²) in [6.07, 6.45) is -16.3. The largest absolute Gasteiger partial charge is 0.394 e. The third-order valence-corrected chi connectivity index (χ3v) is 3.66. The number of hydrogen-bond acceptors (Lipinski definition) is 11. The predicted octanol–water partition coefficient (Wildman–Crippen LogP) is -6.27. The van der Waals surface area contributed by atoms with Gasteiger partial charge in [0.25, 0.3) is 0 Å². The van der Waals surface area contributed by atoms with Crippen LogP contribution in [-0.2, 0) is 14.3 Å². The second-order valence-corrected chi connectivity index (χ2v) is 5.39. The van der Waals surface area contributed by atoms with E-state index in [0.717, 1.165) is 0 Å². The van der Waals surface area contributed by atoms with Crippen LogP contribution in [0.4, 0.5) is 0 Å². The number of amides is 1. The number of aliphatic hydroxyl groups is 8. The Balaban J connectivity index is 2.94. The lowest BCUT2D eigenvalue weighted by atomic mass is 9.98. The van der Waals surface area contributed by atoms with Crippen molar-refractivity contribution in [1.82, 2.24) is 0 Å². The average molecular weight is 357 g/mol. The normalized spacial score (nSPS) is 35.9. The number of rotatable bonds is 8. The number of nitrogens with two attached hydrogens (primary N) is 1. The van der Waals surface area contributed by atoms with Crippen LogP contribution in [0.3, 0.4) is 0 Å². The fourth-order valence-electron chi connectivity index (χ4n) is 2.19. The molecule has 24 heavy (non-hydrogen) atoms. The van der Waals surface area contributed by atoms with Crippen molar-refractivity contribution >= 4 is 5.91 Å². The highest BCUT2D eigenvalue weighted by molar-refractivity contribution is 5.79. The SMILES string of the molecule is NC(=O)[C@H](O)[C@@H](O)[C@H](O[C@H]1O[C@H](CO)[C@H](O)[C@H](O)[C@H]1O)[C@H](O)CO. The summed E-state index contributed by atoms with van der Waals surface area (Å²) < 4.78 is 10.1. The van der Waals surface area contributed by atoms with Crippen molar-refractivity contribution < 1.29 is 55.1 Å².